The fraction of sp³-hybridized carbons (Fsp3) is 0.273. The molecule has 2 aromatic rings. The topological polar surface area (TPSA) is 114 Å². The van der Waals surface area contributed by atoms with Gasteiger partial charge in [-0.3, -0.25) is 20.4 Å². The third-order valence-corrected chi connectivity index (χ3v) is 5.41. The molecule has 0 aliphatic heterocycles. The number of ether oxygens (including phenoxy) is 1. The minimum Gasteiger partial charge on any atom is -0.497 e. The zero-order chi connectivity index (χ0) is 22.9. The van der Waals surface area contributed by atoms with Crippen molar-refractivity contribution >= 4 is 27.9 Å². The number of methoxy groups -OCH3 is 1. The highest BCUT2D eigenvalue weighted by molar-refractivity contribution is 7.92. The van der Waals surface area contributed by atoms with Gasteiger partial charge in [0.05, 0.1) is 13.5 Å². The molecule has 0 spiro atoms. The monoisotopic (exact) mass is 445 g/mol. The van der Waals surface area contributed by atoms with Crippen LogP contribution < -0.4 is 20.3 Å². The molecule has 0 bridgehead atoms. The minimum absolute atomic E-state index is 0.0438. The number of carbonyl (C=O) groups excluding carboxylic acids is 2. The van der Waals surface area contributed by atoms with Crippen LogP contribution in [0.1, 0.15) is 25.0 Å². The van der Waals surface area contributed by atoms with Gasteiger partial charge in [-0.15, -0.1) is 0 Å². The summed E-state index contributed by atoms with van der Waals surface area (Å²) in [5, 5.41) is 1.01. The minimum atomic E-state index is -3.88. The summed E-state index contributed by atoms with van der Waals surface area (Å²) in [5.41, 5.74) is 6.05. The first-order valence-electron chi connectivity index (χ1n) is 9.67. The third-order valence-electron chi connectivity index (χ3n) is 4.33. The van der Waals surface area contributed by atoms with E-state index in [0.717, 1.165) is 11.0 Å². The number of hydrogen-bond donors (Lipinski definition) is 3. The average molecular weight is 446 g/mol. The zero-order valence-electron chi connectivity index (χ0n) is 17.7. The van der Waals surface area contributed by atoms with Crippen molar-refractivity contribution in [3.8, 4) is 5.75 Å². The average Bonchev–Trinajstić information content (AvgIpc) is 2.75. The lowest BCUT2D eigenvalue weighted by Crippen LogP contribution is -2.54. The van der Waals surface area contributed by atoms with Gasteiger partial charge in [-0.05, 0) is 35.3 Å². The van der Waals surface area contributed by atoms with Gasteiger partial charge in [0.15, 0.2) is 0 Å². The van der Waals surface area contributed by atoms with Crippen LogP contribution in [0.2, 0.25) is 0 Å². The number of rotatable bonds is 9. The van der Waals surface area contributed by atoms with Crippen LogP contribution in [0.25, 0.3) is 6.08 Å². The van der Waals surface area contributed by atoms with E-state index in [1.807, 2.05) is 6.07 Å². The molecule has 166 valence electrons. The summed E-state index contributed by atoms with van der Waals surface area (Å²) in [7, 11) is -2.33. The highest BCUT2D eigenvalue weighted by Crippen LogP contribution is 2.11. The molecule has 0 aliphatic carbocycles. The van der Waals surface area contributed by atoms with Crippen LogP contribution >= 0.6 is 0 Å². The van der Waals surface area contributed by atoms with Gasteiger partial charge in [0.2, 0.25) is 15.9 Å². The zero-order valence-corrected chi connectivity index (χ0v) is 18.5. The first-order chi connectivity index (χ1) is 14.7. The second-order valence-electron chi connectivity index (χ2n) is 7.16. The molecule has 1 unspecified atom stereocenters. The van der Waals surface area contributed by atoms with Crippen molar-refractivity contribution in [1.82, 2.24) is 15.6 Å². The molecule has 0 aromatic heterocycles. The largest absolute Gasteiger partial charge is 0.497 e. The van der Waals surface area contributed by atoms with Gasteiger partial charge >= 0.3 is 0 Å². The summed E-state index contributed by atoms with van der Waals surface area (Å²) in [6.07, 6.45) is 1.48. The van der Waals surface area contributed by atoms with Gasteiger partial charge in [-0.1, -0.05) is 56.3 Å². The van der Waals surface area contributed by atoms with E-state index in [2.05, 4.69) is 15.6 Å². The van der Waals surface area contributed by atoms with Crippen LogP contribution in [-0.4, -0.2) is 33.4 Å². The Morgan fingerprint density at radius 3 is 2.23 bits per heavy atom. The van der Waals surface area contributed by atoms with Crippen molar-refractivity contribution in [3.05, 3.63) is 71.1 Å². The van der Waals surface area contributed by atoms with E-state index in [9.17, 15) is 18.0 Å². The highest BCUT2D eigenvalue weighted by atomic mass is 32.2. The Kier molecular flexibility index (Phi) is 8.77. The first-order valence-corrected chi connectivity index (χ1v) is 11.2. The lowest BCUT2D eigenvalue weighted by molar-refractivity contribution is -0.130. The molecule has 0 aliphatic rings. The van der Waals surface area contributed by atoms with E-state index in [-0.39, 0.29) is 12.3 Å². The molecule has 0 heterocycles. The van der Waals surface area contributed by atoms with Crippen LogP contribution in [-0.2, 0) is 26.0 Å². The molecule has 3 N–H and O–H groups in total. The maximum atomic E-state index is 12.5. The summed E-state index contributed by atoms with van der Waals surface area (Å²) in [6, 6.07) is 14.8. The van der Waals surface area contributed by atoms with Crippen molar-refractivity contribution < 1.29 is 22.7 Å². The van der Waals surface area contributed by atoms with Gasteiger partial charge in [0.1, 0.15) is 11.8 Å². The molecule has 0 fully saturated rings. The second-order valence-corrected chi connectivity index (χ2v) is 8.76. The number of benzene rings is 2. The predicted molar refractivity (Wildman–Crippen MR) is 119 cm³/mol. The quantitative estimate of drug-likeness (QED) is 0.511. The Labute approximate surface area is 182 Å². The Morgan fingerprint density at radius 2 is 1.65 bits per heavy atom. The van der Waals surface area contributed by atoms with Crippen molar-refractivity contribution in [3.63, 3.8) is 0 Å². The van der Waals surface area contributed by atoms with E-state index in [1.165, 1.54) is 6.08 Å². The molecule has 2 rings (SSSR count). The third kappa shape index (κ3) is 8.23. The Balaban J connectivity index is 1.93. The molecule has 2 aromatic carbocycles. The van der Waals surface area contributed by atoms with E-state index in [0.29, 0.717) is 11.3 Å². The molecular weight excluding hydrogens is 418 g/mol. The molecule has 1 atom stereocenters. The molecule has 2 amide bonds. The number of carbonyl (C=O) groups is 2. The fourth-order valence-electron chi connectivity index (χ4n) is 2.62. The van der Waals surface area contributed by atoms with Crippen LogP contribution in [0.5, 0.6) is 5.75 Å². The van der Waals surface area contributed by atoms with Gasteiger partial charge in [-0.2, -0.15) is 4.72 Å². The van der Waals surface area contributed by atoms with Crippen molar-refractivity contribution in [2.45, 2.75) is 26.3 Å². The first kappa shape index (κ1) is 24.1. The van der Waals surface area contributed by atoms with E-state index >= 15 is 0 Å². The van der Waals surface area contributed by atoms with Crippen molar-refractivity contribution in [2.75, 3.05) is 7.11 Å². The van der Waals surface area contributed by atoms with Crippen LogP contribution in [0.4, 0.5) is 0 Å². The number of amides is 2. The molecular formula is C22H27N3O5S. The van der Waals surface area contributed by atoms with E-state index in [1.54, 1.807) is 69.5 Å². The summed E-state index contributed by atoms with van der Waals surface area (Å²) < 4.78 is 32.2. The second kappa shape index (κ2) is 11.3. The van der Waals surface area contributed by atoms with Gasteiger partial charge in [-0.25, -0.2) is 8.42 Å². The molecule has 0 saturated carbocycles. The fourth-order valence-corrected chi connectivity index (χ4v) is 3.77. The number of hydrogen-bond acceptors (Lipinski definition) is 5. The van der Waals surface area contributed by atoms with Gasteiger partial charge in [0, 0.05) is 5.41 Å². The summed E-state index contributed by atoms with van der Waals surface area (Å²) in [5.74, 6) is -0.771. The number of nitrogens with one attached hydrogen (secondary N) is 3. The molecule has 9 heteroatoms. The van der Waals surface area contributed by atoms with Crippen LogP contribution in [0.15, 0.2) is 60.0 Å². The SMILES string of the molecule is COc1ccc(CC(=O)NNC(=O)C(NS(=O)(=O)C=Cc2ccccc2)C(C)C)cc1. The molecule has 31 heavy (non-hydrogen) atoms. The number of sulfonamides is 1. The predicted octanol–water partition coefficient (Wildman–Crippen LogP) is 2.00. The smallest absolute Gasteiger partial charge is 0.256 e. The molecule has 0 radical (unpaired) electrons. The Hall–Kier alpha value is -3.17. The van der Waals surface area contributed by atoms with Crippen LogP contribution in [0.3, 0.4) is 0 Å². The summed E-state index contributed by atoms with van der Waals surface area (Å²) in [6.45, 7) is 3.40. The maximum absolute atomic E-state index is 12.5. The standard InChI is InChI=1S/C22H27N3O5S/c1-16(2)21(25-31(28,29)14-13-17-7-5-4-6-8-17)22(27)24-23-20(26)15-18-9-11-19(30-3)12-10-18/h4-14,16,21,25H,15H2,1-3H3,(H,23,26)(H,24,27). The normalized spacial score (nSPS) is 12.5. The highest BCUT2D eigenvalue weighted by Gasteiger charge is 2.26. The lowest BCUT2D eigenvalue weighted by atomic mass is 10.1. The maximum Gasteiger partial charge on any atom is 0.256 e. The van der Waals surface area contributed by atoms with Crippen molar-refractivity contribution in [1.29, 1.82) is 0 Å². The summed E-state index contributed by atoms with van der Waals surface area (Å²) in [4.78, 5) is 24.6. The molecule has 0 saturated heterocycles. The Morgan fingerprint density at radius 1 is 1.00 bits per heavy atom. The molecule has 8 nitrogen and oxygen atoms in total. The number of hydrazine groups is 1. The Bertz CT molecular complexity index is 1000. The van der Waals surface area contributed by atoms with E-state index in [4.69, 9.17) is 4.74 Å². The lowest BCUT2D eigenvalue weighted by Gasteiger charge is -2.20. The van der Waals surface area contributed by atoms with Crippen molar-refractivity contribution in [2.24, 2.45) is 5.92 Å². The van der Waals surface area contributed by atoms with Crippen LogP contribution in [0, 0.1) is 5.92 Å². The van der Waals surface area contributed by atoms with E-state index < -0.39 is 27.9 Å². The van der Waals surface area contributed by atoms with Gasteiger partial charge in [0.25, 0.3) is 5.91 Å². The van der Waals surface area contributed by atoms with Gasteiger partial charge < -0.3 is 4.74 Å². The summed E-state index contributed by atoms with van der Waals surface area (Å²) >= 11 is 0.